The number of ether oxygens (including phenoxy) is 1. The average Bonchev–Trinajstić information content (AvgIpc) is 2.19. The van der Waals surface area contributed by atoms with E-state index in [1.165, 1.54) is 5.56 Å². The van der Waals surface area contributed by atoms with Crippen molar-refractivity contribution in [2.45, 2.75) is 33.1 Å². The summed E-state index contributed by atoms with van der Waals surface area (Å²) in [6.07, 6.45) is 1.94. The van der Waals surface area contributed by atoms with Gasteiger partial charge in [-0.1, -0.05) is 32.9 Å². The van der Waals surface area contributed by atoms with E-state index in [1.54, 1.807) is 12.1 Å². The van der Waals surface area contributed by atoms with Crippen molar-refractivity contribution in [1.29, 1.82) is 0 Å². The fourth-order valence-electron chi connectivity index (χ4n) is 10.4. The molecule has 0 saturated carbocycles. The van der Waals surface area contributed by atoms with Gasteiger partial charge in [-0.3, -0.25) is 0 Å². The van der Waals surface area contributed by atoms with Crippen LogP contribution in [0.5, 0.6) is 11.5 Å². The van der Waals surface area contributed by atoms with Crippen LogP contribution in [0.1, 0.15) is 45.6 Å². The molecule has 0 fully saturated rings. The summed E-state index contributed by atoms with van der Waals surface area (Å²) in [5.74, 6) is 1.92. The predicted molar refractivity (Wildman–Crippen MR) is 293 cm³/mol. The quantitative estimate of drug-likeness (QED) is 0.152. The number of fused-ring (bicyclic) bond motifs is 7. The van der Waals surface area contributed by atoms with Crippen molar-refractivity contribution in [3.05, 3.63) is 239 Å². The van der Waals surface area contributed by atoms with Crippen LogP contribution in [0, 0.1) is 10.7 Å². The Morgan fingerprint density at radius 1 is 0.472 bits per heavy atom. The maximum absolute atomic E-state index is 9.56. The van der Waals surface area contributed by atoms with Crippen molar-refractivity contribution in [1.82, 2.24) is 23.3 Å². The number of aryl methyl sites for hydroxylation is 1. The Bertz CT molecular complexity index is 4750. The van der Waals surface area contributed by atoms with Crippen molar-refractivity contribution in [3.8, 4) is 56.6 Å². The molecule has 7 heteroatoms. The van der Waals surface area contributed by atoms with Gasteiger partial charge in [0.2, 0.25) is 0 Å². The minimum atomic E-state index is -0.578. The van der Waals surface area contributed by atoms with Gasteiger partial charge in [0.15, 0.2) is 0 Å². The molecule has 0 unspecified atom stereocenters. The Hall–Kier alpha value is -8.31. The molecule has 4 aromatic heterocycles. The van der Waals surface area contributed by atoms with E-state index in [0.717, 1.165) is 55.0 Å². The van der Waals surface area contributed by atoms with E-state index in [4.69, 9.17) is 17.9 Å². The second-order valence-electron chi connectivity index (χ2n) is 18.9. The summed E-state index contributed by atoms with van der Waals surface area (Å²) in [7, 11) is 0. The van der Waals surface area contributed by atoms with Gasteiger partial charge in [0.1, 0.15) is 0 Å². The molecule has 0 N–H and O–H groups in total. The molecule has 0 aliphatic rings. The van der Waals surface area contributed by atoms with E-state index in [0.29, 0.717) is 37.7 Å². The van der Waals surface area contributed by atoms with Gasteiger partial charge in [-0.25, -0.2) is 0 Å². The average molecular weight is 1120 g/mol. The second-order valence-corrected chi connectivity index (χ2v) is 19.9. The molecule has 72 heavy (non-hydrogen) atoms. The summed E-state index contributed by atoms with van der Waals surface area (Å²) in [5, 5.41) is 3.97. The third kappa shape index (κ3) is 7.20. The third-order valence-electron chi connectivity index (χ3n) is 13.5. The topological polar surface area (TPSA) is 41.8 Å². The third-order valence-corrected chi connectivity index (χ3v) is 14.5. The number of nitrogens with zero attached hydrogens (tertiary/aromatic N) is 5. The van der Waals surface area contributed by atoms with E-state index in [-0.39, 0.29) is 33.4 Å². The van der Waals surface area contributed by atoms with Crippen LogP contribution in [-0.2, 0) is 24.8 Å². The number of pyridine rings is 1. The van der Waals surface area contributed by atoms with E-state index in [1.807, 2.05) is 141 Å². The molecule has 0 radical (unpaired) electrons. The fraction of sp³-hybridized carbons (Fsp3) is 0.0769. The zero-order valence-electron chi connectivity index (χ0n) is 49.5. The number of benzene rings is 9. The first-order chi connectivity index (χ1) is 39.3. The first-order valence-corrected chi connectivity index (χ1v) is 24.8. The van der Waals surface area contributed by atoms with Crippen LogP contribution in [0.2, 0.25) is 0 Å². The zero-order valence-corrected chi connectivity index (χ0v) is 41.8. The monoisotopic (exact) mass is 1120 g/mol. The summed E-state index contributed by atoms with van der Waals surface area (Å²) < 4.78 is 107. The van der Waals surface area contributed by atoms with Gasteiger partial charge in [-0.05, 0) is 23.5 Å². The van der Waals surface area contributed by atoms with Gasteiger partial charge in [0, 0.05) is 6.20 Å². The van der Waals surface area contributed by atoms with Gasteiger partial charge in [0.05, 0.1) is 0 Å². The van der Waals surface area contributed by atoms with Crippen LogP contribution >= 0.6 is 0 Å². The number of imidazole rings is 1. The Labute approximate surface area is 442 Å². The van der Waals surface area contributed by atoms with E-state index in [2.05, 4.69) is 75.9 Å². The molecule has 6 nitrogen and oxygen atoms in total. The fourth-order valence-corrected chi connectivity index (χ4v) is 11.5. The first kappa shape index (κ1) is 34.1. The molecule has 0 amide bonds. The molecule has 0 aliphatic carbocycles. The molecule has 0 atom stereocenters. The Balaban J connectivity index is 1.06. The number of aromatic nitrogens is 5. The van der Waals surface area contributed by atoms with Gasteiger partial charge in [-0.15, -0.1) is 0 Å². The summed E-state index contributed by atoms with van der Waals surface area (Å²) in [4.78, 5) is 4.96. The molecule has 4 heterocycles. The van der Waals surface area contributed by atoms with Crippen molar-refractivity contribution < 1.29 is 37.8 Å². The SMILES string of the molecule is [2H]c1c([2H])c([2H])c(-c2cc(-n3c4ccccc4c4ccccc43)cc(-c3c([2H])c([2H])c([2H])c([2H])c3[2H])c2-n2[c](=[Pt])n(-c3cccc(Oc4ccc5c6ccccc6n(-c6cc(C(C)(C)C)c(C)cn6)c5c4)c3)c3ccccc32)c([2H])c1[2H]. The van der Waals surface area contributed by atoms with Crippen LogP contribution in [0.25, 0.3) is 99.8 Å². The number of hydrogen-bond donors (Lipinski definition) is 0. The summed E-state index contributed by atoms with van der Waals surface area (Å²) in [5.41, 5.74) is 8.41. The van der Waals surface area contributed by atoms with Crippen molar-refractivity contribution in [2.75, 3.05) is 0 Å². The maximum atomic E-state index is 9.56. The van der Waals surface area contributed by atoms with Crippen LogP contribution in [0.3, 0.4) is 0 Å². The van der Waals surface area contributed by atoms with E-state index in [9.17, 15) is 5.48 Å². The van der Waals surface area contributed by atoms with Gasteiger partial charge < -0.3 is 0 Å². The summed E-state index contributed by atoms with van der Waals surface area (Å²) >= 11 is 2.21. The number of hydrogen-bond acceptors (Lipinski definition) is 2. The molecule has 0 aliphatic heterocycles. The zero-order chi connectivity index (χ0) is 57.4. The van der Waals surface area contributed by atoms with E-state index >= 15 is 0 Å². The van der Waals surface area contributed by atoms with Crippen LogP contribution in [0.15, 0.2) is 224 Å². The van der Waals surface area contributed by atoms with Gasteiger partial charge in [0.25, 0.3) is 0 Å². The summed E-state index contributed by atoms with van der Waals surface area (Å²) in [6.45, 7) is 8.71. The number of para-hydroxylation sites is 5. The van der Waals surface area contributed by atoms with Crippen LogP contribution in [-0.4, -0.2) is 23.3 Å². The first-order valence-electron chi connectivity index (χ1n) is 28.6. The predicted octanol–water partition coefficient (Wildman–Crippen LogP) is 16.8. The Morgan fingerprint density at radius 2 is 0.986 bits per heavy atom. The van der Waals surface area contributed by atoms with Gasteiger partial charge >= 0.3 is 382 Å². The normalized spacial score (nSPS) is 13.9. The molecule has 13 rings (SSSR count). The molecule has 0 bridgehead atoms. The minimum absolute atomic E-state index is 0.111. The van der Waals surface area contributed by atoms with Crippen molar-refractivity contribution in [3.63, 3.8) is 0 Å². The number of rotatable bonds is 8. The molecular weight excluding hydrogens is 1060 g/mol. The molecule has 0 spiro atoms. The molecule has 0 saturated heterocycles. The van der Waals surface area contributed by atoms with Crippen molar-refractivity contribution >= 4 is 54.6 Å². The van der Waals surface area contributed by atoms with E-state index < -0.39 is 60.4 Å². The van der Waals surface area contributed by atoms with Crippen LogP contribution < -0.4 is 4.74 Å². The molecular formula is C65H49N5OPt. The second kappa shape index (κ2) is 17.2. The Kier molecular flexibility index (Phi) is 8.15. The molecule has 9 aromatic carbocycles. The molecule has 350 valence electrons. The standard InChI is InChI=1S/C65H49N5O.Pt/c1-43-41-66-63(40-56(43)65(2,3)4)70-59-31-16-13-28-52(59)53-35-34-49(39-62(53)70)71-48-25-19-24-46(36-48)67-42-68(61-33-18-17-32-60(61)67)64-54(44-20-7-5-8-21-44)37-47(38-55(64)45-22-9-6-10-23-45)69-57-29-14-11-26-50(57)51-27-12-15-30-58(51)69;/h5-41H,1-4H3;/i5D,6D,7D,8D,9D,10D,20D,21D,22D,23D;. The molecule has 13 aromatic rings. The van der Waals surface area contributed by atoms with Gasteiger partial charge in [-0.2, -0.15) is 0 Å². The Morgan fingerprint density at radius 3 is 1.57 bits per heavy atom. The van der Waals surface area contributed by atoms with Crippen molar-refractivity contribution in [2.24, 2.45) is 0 Å². The summed E-state index contributed by atoms with van der Waals surface area (Å²) in [6, 6.07) is 45.7. The van der Waals surface area contributed by atoms with Crippen LogP contribution in [0.4, 0.5) is 0 Å².